The van der Waals surface area contributed by atoms with Gasteiger partial charge in [-0.3, -0.25) is 4.79 Å². The van der Waals surface area contributed by atoms with E-state index < -0.39 is 23.6 Å². The number of fused-ring (bicyclic) bond motifs is 2. The van der Waals surface area contributed by atoms with Crippen molar-refractivity contribution in [2.24, 2.45) is 0 Å². The van der Waals surface area contributed by atoms with Gasteiger partial charge in [-0.1, -0.05) is 24.3 Å². The van der Waals surface area contributed by atoms with E-state index in [1.807, 2.05) is 30.3 Å². The van der Waals surface area contributed by atoms with Gasteiger partial charge in [-0.2, -0.15) is 18.3 Å². The summed E-state index contributed by atoms with van der Waals surface area (Å²) in [6.07, 6.45) is -1.60. The Morgan fingerprint density at radius 1 is 1.03 bits per heavy atom. The second kappa shape index (κ2) is 6.13. The first-order valence-electron chi connectivity index (χ1n) is 8.69. The van der Waals surface area contributed by atoms with Crippen molar-refractivity contribution in [2.45, 2.75) is 12.1 Å². The van der Waals surface area contributed by atoms with E-state index in [0.29, 0.717) is 22.3 Å². The van der Waals surface area contributed by atoms with Gasteiger partial charge in [-0.15, -0.1) is 0 Å². The van der Waals surface area contributed by atoms with Gasteiger partial charge in [0.2, 0.25) is 5.91 Å². The van der Waals surface area contributed by atoms with E-state index in [1.165, 1.54) is 12.4 Å². The van der Waals surface area contributed by atoms with Crippen LogP contribution in [-0.4, -0.2) is 25.7 Å². The number of amides is 1. The SMILES string of the molecule is O=C1Nc2cc(C(F)(F)F)ccc2C1c1ncnc2c1cnn2-c1ccccc1. The van der Waals surface area contributed by atoms with Crippen LogP contribution in [0, 0.1) is 0 Å². The standard InChI is InChI=1S/C20H12F3N5O/c21-20(22,23)11-6-7-13-15(8-11)27-19(29)16(13)17-14-9-26-28(18(14)25-10-24-17)12-4-2-1-3-5-12/h1-10,16H,(H,27,29). The van der Waals surface area contributed by atoms with Crippen molar-refractivity contribution >= 4 is 22.6 Å². The van der Waals surface area contributed by atoms with Gasteiger partial charge in [0.25, 0.3) is 0 Å². The summed E-state index contributed by atoms with van der Waals surface area (Å²) >= 11 is 0. The zero-order chi connectivity index (χ0) is 20.2. The first kappa shape index (κ1) is 17.4. The monoisotopic (exact) mass is 395 g/mol. The lowest BCUT2D eigenvalue weighted by atomic mass is 9.94. The molecule has 0 radical (unpaired) electrons. The molecule has 3 heterocycles. The summed E-state index contributed by atoms with van der Waals surface area (Å²) in [5, 5.41) is 7.45. The molecule has 0 saturated carbocycles. The number of alkyl halides is 3. The Morgan fingerprint density at radius 2 is 1.83 bits per heavy atom. The number of nitrogens with one attached hydrogen (secondary N) is 1. The van der Waals surface area contributed by atoms with E-state index in [1.54, 1.807) is 10.9 Å². The third-order valence-corrected chi connectivity index (χ3v) is 4.88. The topological polar surface area (TPSA) is 72.7 Å². The smallest absolute Gasteiger partial charge is 0.325 e. The third-order valence-electron chi connectivity index (χ3n) is 4.88. The predicted molar refractivity (Wildman–Crippen MR) is 98.6 cm³/mol. The molecular formula is C20H12F3N5O. The zero-order valence-electron chi connectivity index (χ0n) is 14.7. The quantitative estimate of drug-likeness (QED) is 0.558. The molecule has 1 aliphatic rings. The Hall–Kier alpha value is -3.75. The summed E-state index contributed by atoms with van der Waals surface area (Å²) in [6, 6.07) is 12.6. The predicted octanol–water partition coefficient (Wildman–Crippen LogP) is 3.92. The molecule has 2 aromatic heterocycles. The normalized spacial score (nSPS) is 16.1. The van der Waals surface area contributed by atoms with E-state index in [4.69, 9.17) is 0 Å². The van der Waals surface area contributed by atoms with Crippen molar-refractivity contribution in [1.82, 2.24) is 19.7 Å². The van der Waals surface area contributed by atoms with Crippen molar-refractivity contribution < 1.29 is 18.0 Å². The zero-order valence-corrected chi connectivity index (χ0v) is 14.7. The van der Waals surface area contributed by atoms with Crippen LogP contribution in [0.2, 0.25) is 0 Å². The number of carbonyl (C=O) groups excluding carboxylic acids is 1. The fourth-order valence-electron chi connectivity index (χ4n) is 3.56. The van der Waals surface area contributed by atoms with E-state index in [-0.39, 0.29) is 5.69 Å². The fourth-order valence-corrected chi connectivity index (χ4v) is 3.56. The van der Waals surface area contributed by atoms with Crippen LogP contribution in [0.4, 0.5) is 18.9 Å². The molecule has 1 atom stereocenters. The Bertz CT molecular complexity index is 1250. The maximum atomic E-state index is 13.0. The molecule has 29 heavy (non-hydrogen) atoms. The molecule has 1 N–H and O–H groups in total. The number of hydrogen-bond acceptors (Lipinski definition) is 4. The molecule has 5 rings (SSSR count). The maximum Gasteiger partial charge on any atom is 0.416 e. The Balaban J connectivity index is 1.64. The minimum atomic E-state index is -4.49. The number of nitrogens with zero attached hydrogens (tertiary/aromatic N) is 4. The molecule has 0 saturated heterocycles. The van der Waals surface area contributed by atoms with Gasteiger partial charge in [0.05, 0.1) is 28.5 Å². The number of rotatable bonds is 2. The van der Waals surface area contributed by atoms with Crippen LogP contribution in [0.1, 0.15) is 22.7 Å². The average Bonchev–Trinajstić information content (AvgIpc) is 3.27. The molecule has 2 aromatic carbocycles. The van der Waals surface area contributed by atoms with E-state index in [9.17, 15) is 18.0 Å². The molecule has 1 aliphatic heterocycles. The number of para-hydroxylation sites is 1. The lowest BCUT2D eigenvalue weighted by Crippen LogP contribution is -2.15. The molecule has 144 valence electrons. The van der Waals surface area contributed by atoms with Crippen LogP contribution in [0.5, 0.6) is 0 Å². The summed E-state index contributed by atoms with van der Waals surface area (Å²) in [6.45, 7) is 0. The van der Waals surface area contributed by atoms with E-state index >= 15 is 0 Å². The summed E-state index contributed by atoms with van der Waals surface area (Å²) in [4.78, 5) is 21.2. The largest absolute Gasteiger partial charge is 0.416 e. The van der Waals surface area contributed by atoms with Crippen LogP contribution in [-0.2, 0) is 11.0 Å². The van der Waals surface area contributed by atoms with Crippen molar-refractivity contribution in [3.8, 4) is 5.69 Å². The number of carbonyl (C=O) groups is 1. The first-order valence-corrected chi connectivity index (χ1v) is 8.69. The number of hydrogen-bond donors (Lipinski definition) is 1. The lowest BCUT2D eigenvalue weighted by Gasteiger charge is -2.11. The van der Waals surface area contributed by atoms with E-state index in [0.717, 1.165) is 17.8 Å². The van der Waals surface area contributed by atoms with E-state index in [2.05, 4.69) is 20.4 Å². The van der Waals surface area contributed by atoms with Gasteiger partial charge >= 0.3 is 6.18 Å². The highest BCUT2D eigenvalue weighted by Crippen LogP contribution is 2.41. The highest BCUT2D eigenvalue weighted by molar-refractivity contribution is 6.06. The van der Waals surface area contributed by atoms with Gasteiger partial charge in [0.1, 0.15) is 12.2 Å². The third kappa shape index (κ3) is 2.74. The van der Waals surface area contributed by atoms with Gasteiger partial charge in [0.15, 0.2) is 5.65 Å². The van der Waals surface area contributed by atoms with Crippen LogP contribution in [0.3, 0.4) is 0 Å². The summed E-state index contributed by atoms with van der Waals surface area (Å²) in [7, 11) is 0. The Labute approximate surface area is 162 Å². The second-order valence-corrected chi connectivity index (χ2v) is 6.61. The van der Waals surface area contributed by atoms with Crippen molar-refractivity contribution in [1.29, 1.82) is 0 Å². The van der Waals surface area contributed by atoms with Crippen molar-refractivity contribution in [3.63, 3.8) is 0 Å². The molecule has 0 fully saturated rings. The summed E-state index contributed by atoms with van der Waals surface area (Å²) < 4.78 is 40.6. The minimum absolute atomic E-state index is 0.136. The van der Waals surface area contributed by atoms with Crippen LogP contribution in [0.15, 0.2) is 61.1 Å². The molecule has 9 heteroatoms. The first-order chi connectivity index (χ1) is 13.9. The Kier molecular flexibility index (Phi) is 3.67. The van der Waals surface area contributed by atoms with Crippen molar-refractivity contribution in [3.05, 3.63) is 77.9 Å². The highest BCUT2D eigenvalue weighted by atomic mass is 19.4. The van der Waals surface area contributed by atoms with Gasteiger partial charge < -0.3 is 5.32 Å². The van der Waals surface area contributed by atoms with Crippen LogP contribution in [0.25, 0.3) is 16.7 Å². The van der Waals surface area contributed by atoms with Crippen LogP contribution >= 0.6 is 0 Å². The van der Waals surface area contributed by atoms with Crippen LogP contribution < -0.4 is 5.32 Å². The number of benzene rings is 2. The molecule has 0 aliphatic carbocycles. The second-order valence-electron chi connectivity index (χ2n) is 6.61. The van der Waals surface area contributed by atoms with Crippen molar-refractivity contribution in [2.75, 3.05) is 5.32 Å². The number of anilines is 1. The van der Waals surface area contributed by atoms with Gasteiger partial charge in [-0.05, 0) is 29.8 Å². The molecule has 1 unspecified atom stereocenters. The highest BCUT2D eigenvalue weighted by Gasteiger charge is 2.38. The molecule has 4 aromatic rings. The number of aromatic nitrogens is 4. The molecule has 0 bridgehead atoms. The number of halogens is 3. The minimum Gasteiger partial charge on any atom is -0.325 e. The average molecular weight is 395 g/mol. The molecule has 0 spiro atoms. The van der Waals surface area contributed by atoms with Gasteiger partial charge in [-0.25, -0.2) is 14.6 Å². The summed E-state index contributed by atoms with van der Waals surface area (Å²) in [5.74, 6) is -1.28. The molecule has 6 nitrogen and oxygen atoms in total. The molecular weight excluding hydrogens is 383 g/mol. The van der Waals surface area contributed by atoms with Gasteiger partial charge in [0, 0.05) is 5.69 Å². The summed E-state index contributed by atoms with van der Waals surface area (Å²) in [5.41, 5.74) is 1.45. The Morgan fingerprint density at radius 3 is 2.59 bits per heavy atom. The lowest BCUT2D eigenvalue weighted by molar-refractivity contribution is -0.137. The fraction of sp³-hybridized carbons (Fsp3) is 0.100. The maximum absolute atomic E-state index is 13.0. The molecule has 1 amide bonds.